The molecular weight excluding hydrogens is 434 g/mol. The van der Waals surface area contributed by atoms with Gasteiger partial charge in [-0.3, -0.25) is 0 Å². The van der Waals surface area contributed by atoms with Crippen molar-refractivity contribution in [3.8, 4) is 0 Å². The Morgan fingerprint density at radius 2 is 1.07 bits per heavy atom. The molecule has 4 N–H and O–H groups in total. The lowest BCUT2D eigenvalue weighted by molar-refractivity contribution is -0.193. The summed E-state index contributed by atoms with van der Waals surface area (Å²) >= 11 is 0. The Hall–Kier alpha value is -3.14. The number of carbonyl (C=O) groups is 2. The Kier molecular flexibility index (Phi) is 8.78. The fourth-order valence-electron chi connectivity index (χ4n) is 1.75. The van der Waals surface area contributed by atoms with Gasteiger partial charge in [0.2, 0.25) is 0 Å². The van der Waals surface area contributed by atoms with E-state index in [-0.39, 0.29) is 0 Å². The zero-order valence-electron chi connectivity index (χ0n) is 14.7. The van der Waals surface area contributed by atoms with E-state index in [4.69, 9.17) is 28.6 Å². The van der Waals surface area contributed by atoms with E-state index in [1.165, 1.54) is 12.8 Å². The third kappa shape index (κ3) is 8.48. The summed E-state index contributed by atoms with van der Waals surface area (Å²) in [5.41, 5.74) is 1.88. The molecule has 0 aliphatic carbocycles. The molecule has 0 saturated heterocycles. The van der Waals surface area contributed by atoms with E-state index in [1.54, 1.807) is 0 Å². The fraction of sp³-hybridized carbons (Fsp3) is 0.429. The van der Waals surface area contributed by atoms with Crippen molar-refractivity contribution in [3.05, 3.63) is 35.7 Å². The minimum Gasteiger partial charge on any atom is -0.475 e. The van der Waals surface area contributed by atoms with E-state index < -0.39 is 24.3 Å². The van der Waals surface area contributed by atoms with Gasteiger partial charge < -0.3 is 29.7 Å². The summed E-state index contributed by atoms with van der Waals surface area (Å²) in [5, 5.41) is 20.8. The van der Waals surface area contributed by atoms with Gasteiger partial charge in [0, 0.05) is 13.1 Å². The Bertz CT molecular complexity index is 726. The van der Waals surface area contributed by atoms with E-state index in [0.29, 0.717) is 26.2 Å². The number of alkyl halides is 6. The molecule has 0 aromatic carbocycles. The molecule has 2 aromatic heterocycles. The average molecular weight is 448 g/mol. The number of rotatable bonds is 0. The van der Waals surface area contributed by atoms with Crippen molar-refractivity contribution in [2.24, 2.45) is 0 Å². The van der Waals surface area contributed by atoms with Crippen LogP contribution in [0.15, 0.2) is 21.6 Å². The second-order valence-electron chi connectivity index (χ2n) is 5.26. The number of aliphatic carboxylic acids is 2. The van der Waals surface area contributed by atoms with E-state index in [0.717, 1.165) is 22.9 Å². The summed E-state index contributed by atoms with van der Waals surface area (Å²) in [5.74, 6) is -3.76. The maximum absolute atomic E-state index is 10.6. The van der Waals surface area contributed by atoms with Gasteiger partial charge in [-0.2, -0.15) is 26.3 Å². The number of carboxylic acid groups (broad SMARTS) is 2. The maximum atomic E-state index is 10.6. The first-order chi connectivity index (χ1) is 13.8. The second-order valence-corrected chi connectivity index (χ2v) is 5.26. The zero-order chi connectivity index (χ0) is 22.9. The number of oxazole rings is 2. The van der Waals surface area contributed by atoms with Crippen LogP contribution < -0.4 is 10.6 Å². The van der Waals surface area contributed by atoms with Crippen LogP contribution in [0.25, 0.3) is 0 Å². The quantitative estimate of drug-likeness (QED) is 0.440. The molecular formula is C14H14F6N4O6. The van der Waals surface area contributed by atoms with E-state index in [9.17, 15) is 26.3 Å². The molecule has 3 rings (SSSR count). The van der Waals surface area contributed by atoms with Crippen molar-refractivity contribution >= 4 is 11.9 Å². The van der Waals surface area contributed by atoms with Gasteiger partial charge >= 0.3 is 24.3 Å². The topological polar surface area (TPSA) is 151 Å². The summed E-state index contributed by atoms with van der Waals surface area (Å²) in [7, 11) is 0. The van der Waals surface area contributed by atoms with Crippen LogP contribution in [0.5, 0.6) is 0 Å². The van der Waals surface area contributed by atoms with Crippen LogP contribution in [0.2, 0.25) is 0 Å². The van der Waals surface area contributed by atoms with Crippen molar-refractivity contribution in [2.75, 3.05) is 0 Å². The highest BCUT2D eigenvalue weighted by atomic mass is 19.4. The Labute approximate surface area is 162 Å². The zero-order valence-corrected chi connectivity index (χ0v) is 14.7. The Morgan fingerprint density at radius 3 is 1.33 bits per heavy atom. The number of hydrogen-bond donors (Lipinski definition) is 4. The van der Waals surface area contributed by atoms with Crippen molar-refractivity contribution in [3.63, 3.8) is 0 Å². The van der Waals surface area contributed by atoms with Crippen LogP contribution in [-0.2, 0) is 35.8 Å². The normalized spacial score (nSPS) is 14.1. The Morgan fingerprint density at radius 1 is 0.767 bits per heavy atom. The molecule has 0 radical (unpaired) electrons. The van der Waals surface area contributed by atoms with Gasteiger partial charge in [0.1, 0.15) is 11.5 Å². The molecule has 0 bridgehead atoms. The standard InChI is InChI=1S/C10H12N4O2.2C2HF3O2/c1-7-9(15-5-13-7)4-12-2-8-10(3-11-1)16-6-14-8;2*3-2(4,5)1(6)7/h5-6,11-12H,1-4H2;2*(H,6,7). The first kappa shape index (κ1) is 24.9. The van der Waals surface area contributed by atoms with E-state index in [2.05, 4.69) is 20.6 Å². The molecule has 2 aromatic rings. The molecule has 1 aliphatic heterocycles. The van der Waals surface area contributed by atoms with Crippen LogP contribution in [0.3, 0.4) is 0 Å². The van der Waals surface area contributed by atoms with Crippen LogP contribution in [0, 0.1) is 0 Å². The number of nitrogens with zero attached hydrogens (tertiary/aromatic N) is 2. The highest BCUT2D eigenvalue weighted by Crippen LogP contribution is 2.14. The minimum absolute atomic E-state index is 0.656. The summed E-state index contributed by atoms with van der Waals surface area (Å²) in [6, 6.07) is 0. The highest BCUT2D eigenvalue weighted by molar-refractivity contribution is 5.73. The number of carboxylic acids is 2. The van der Waals surface area contributed by atoms with Crippen molar-refractivity contribution < 1.29 is 55.0 Å². The van der Waals surface area contributed by atoms with Gasteiger partial charge in [0.25, 0.3) is 0 Å². The summed E-state index contributed by atoms with van der Waals surface area (Å²) in [6.07, 6.45) is -7.22. The molecule has 30 heavy (non-hydrogen) atoms. The van der Waals surface area contributed by atoms with Crippen molar-refractivity contribution in [1.29, 1.82) is 0 Å². The minimum atomic E-state index is -5.08. The van der Waals surface area contributed by atoms with Crippen molar-refractivity contribution in [1.82, 2.24) is 20.6 Å². The first-order valence-corrected chi connectivity index (χ1v) is 7.66. The van der Waals surface area contributed by atoms with Gasteiger partial charge in [-0.05, 0) is 0 Å². The summed E-state index contributed by atoms with van der Waals surface area (Å²) in [6.45, 7) is 2.66. The van der Waals surface area contributed by atoms with Crippen LogP contribution in [-0.4, -0.2) is 44.5 Å². The van der Waals surface area contributed by atoms with Gasteiger partial charge in [-0.1, -0.05) is 0 Å². The van der Waals surface area contributed by atoms with E-state index >= 15 is 0 Å². The molecule has 0 saturated carbocycles. The van der Waals surface area contributed by atoms with E-state index in [1.807, 2.05) is 0 Å². The molecule has 0 amide bonds. The molecule has 0 atom stereocenters. The van der Waals surface area contributed by atoms with Crippen LogP contribution in [0.4, 0.5) is 26.3 Å². The number of halogens is 6. The monoisotopic (exact) mass is 448 g/mol. The number of aromatic nitrogens is 2. The Balaban J connectivity index is 0.000000271. The fourth-order valence-corrected chi connectivity index (χ4v) is 1.75. The molecule has 10 nitrogen and oxygen atoms in total. The maximum Gasteiger partial charge on any atom is 0.490 e. The van der Waals surface area contributed by atoms with Gasteiger partial charge in [-0.25, -0.2) is 19.6 Å². The van der Waals surface area contributed by atoms with Gasteiger partial charge in [-0.15, -0.1) is 0 Å². The van der Waals surface area contributed by atoms with Gasteiger partial charge in [0.05, 0.1) is 24.5 Å². The molecule has 168 valence electrons. The van der Waals surface area contributed by atoms with Crippen molar-refractivity contribution in [2.45, 2.75) is 38.5 Å². The predicted octanol–water partition coefficient (Wildman–Crippen LogP) is 1.82. The highest BCUT2D eigenvalue weighted by Gasteiger charge is 2.38. The SMILES string of the molecule is O=C(O)C(F)(F)F.O=C(O)C(F)(F)F.c1nc2c(o1)CNCc1ncoc1CNC2. The molecule has 0 fully saturated rings. The largest absolute Gasteiger partial charge is 0.490 e. The number of fused-ring (bicyclic) bond motifs is 2. The third-order valence-electron chi connectivity index (χ3n) is 3.09. The molecule has 0 unspecified atom stereocenters. The third-order valence-corrected chi connectivity index (χ3v) is 3.09. The predicted molar refractivity (Wildman–Crippen MR) is 81.5 cm³/mol. The molecule has 1 aliphatic rings. The van der Waals surface area contributed by atoms with Crippen LogP contribution in [0.1, 0.15) is 22.9 Å². The molecule has 16 heteroatoms. The average Bonchev–Trinajstić information content (AvgIpc) is 3.24. The lowest BCUT2D eigenvalue weighted by Crippen LogP contribution is -2.21. The smallest absolute Gasteiger partial charge is 0.475 e. The lowest BCUT2D eigenvalue weighted by Gasteiger charge is -2.08. The number of hydrogen-bond acceptors (Lipinski definition) is 8. The summed E-state index contributed by atoms with van der Waals surface area (Å²) in [4.78, 5) is 26.1. The summed E-state index contributed by atoms with van der Waals surface area (Å²) < 4.78 is 74.1. The molecule has 3 heterocycles. The molecule has 0 spiro atoms. The van der Waals surface area contributed by atoms with Crippen LogP contribution >= 0.6 is 0 Å². The second kappa shape index (κ2) is 10.6. The van der Waals surface area contributed by atoms with Gasteiger partial charge in [0.15, 0.2) is 12.8 Å². The number of nitrogens with one attached hydrogen (secondary N) is 2. The first-order valence-electron chi connectivity index (χ1n) is 7.66. The lowest BCUT2D eigenvalue weighted by atomic mass is 10.2.